The number of anilines is 1. The highest BCUT2D eigenvalue weighted by Gasteiger charge is 2.53. The number of thioether (sulfide) groups is 1. The zero-order valence-corrected chi connectivity index (χ0v) is 20.7. The SMILES string of the molecule is CON=C(C(=O)N[C@@H]1C(=O)N2C(C(=O)OC3OC(=O)c4ccccc43)=CCS[C@@H]12)c1nc(N)sc1Cl. The van der Waals surface area contributed by atoms with E-state index in [4.69, 9.17) is 31.6 Å². The van der Waals surface area contributed by atoms with E-state index in [1.807, 2.05) is 0 Å². The van der Waals surface area contributed by atoms with Gasteiger partial charge >= 0.3 is 11.9 Å². The highest BCUT2D eigenvalue weighted by atomic mass is 35.5. The lowest BCUT2D eigenvalue weighted by atomic mass is 10.0. The van der Waals surface area contributed by atoms with E-state index in [2.05, 4.69) is 15.5 Å². The molecule has 0 radical (unpaired) electrons. The molecule has 4 heterocycles. The van der Waals surface area contributed by atoms with Crippen molar-refractivity contribution in [2.45, 2.75) is 17.7 Å². The Kier molecular flexibility index (Phi) is 6.32. The van der Waals surface area contributed by atoms with Crippen LogP contribution >= 0.6 is 34.7 Å². The number of rotatable bonds is 6. The van der Waals surface area contributed by atoms with Gasteiger partial charge in [0, 0.05) is 11.3 Å². The van der Waals surface area contributed by atoms with Crippen LogP contribution in [0, 0.1) is 0 Å². The van der Waals surface area contributed by atoms with Gasteiger partial charge in [-0.15, -0.1) is 11.8 Å². The number of nitrogens with one attached hydrogen (secondary N) is 1. The summed E-state index contributed by atoms with van der Waals surface area (Å²) in [5, 5.41) is 5.83. The third-order valence-electron chi connectivity index (χ3n) is 5.43. The van der Waals surface area contributed by atoms with Gasteiger partial charge in [-0.1, -0.05) is 46.3 Å². The molecule has 1 aromatic carbocycles. The number of hydrogen-bond donors (Lipinski definition) is 2. The van der Waals surface area contributed by atoms with Crippen molar-refractivity contribution in [3.8, 4) is 0 Å². The lowest BCUT2D eigenvalue weighted by Crippen LogP contribution is -2.70. The second-order valence-electron chi connectivity index (χ2n) is 7.50. The van der Waals surface area contributed by atoms with E-state index in [0.29, 0.717) is 16.9 Å². The summed E-state index contributed by atoms with van der Waals surface area (Å²) in [7, 11) is 1.24. The fourth-order valence-electron chi connectivity index (χ4n) is 3.84. The van der Waals surface area contributed by atoms with Crippen molar-refractivity contribution in [2.24, 2.45) is 5.16 Å². The Balaban J connectivity index is 1.28. The van der Waals surface area contributed by atoms with Gasteiger partial charge in [0.1, 0.15) is 34.3 Å². The number of thiazole rings is 1. The number of cyclic esters (lactones) is 1. The van der Waals surface area contributed by atoms with Crippen LogP contribution in [0.2, 0.25) is 4.34 Å². The quantitative estimate of drug-likeness (QED) is 0.233. The van der Waals surface area contributed by atoms with Crippen LogP contribution in [0.5, 0.6) is 0 Å². The topological polar surface area (TPSA) is 163 Å². The molecule has 2 aromatic rings. The van der Waals surface area contributed by atoms with Crippen LogP contribution < -0.4 is 11.1 Å². The number of halogens is 1. The number of β-lactam (4-membered cyclic amide) rings is 1. The van der Waals surface area contributed by atoms with Crippen molar-refractivity contribution in [3.63, 3.8) is 0 Å². The number of oxime groups is 1. The number of carbonyl (C=O) groups is 4. The van der Waals surface area contributed by atoms with Gasteiger partial charge in [0.15, 0.2) is 10.8 Å². The lowest BCUT2D eigenvalue weighted by molar-refractivity contribution is -0.168. The summed E-state index contributed by atoms with van der Waals surface area (Å²) in [6.45, 7) is 0. The second kappa shape index (κ2) is 9.44. The monoisotopic (exact) mass is 549 g/mol. The molecule has 0 bridgehead atoms. The molecule has 0 spiro atoms. The van der Waals surface area contributed by atoms with E-state index < -0.39 is 41.5 Å². The Morgan fingerprint density at radius 1 is 1.33 bits per heavy atom. The number of ether oxygens (including phenoxy) is 2. The maximum Gasteiger partial charge on any atom is 0.358 e. The summed E-state index contributed by atoms with van der Waals surface area (Å²) in [4.78, 5) is 60.8. The molecule has 2 amide bonds. The molecule has 0 saturated carbocycles. The smallest absolute Gasteiger partial charge is 0.358 e. The van der Waals surface area contributed by atoms with E-state index in [1.54, 1.807) is 24.3 Å². The molecule has 15 heteroatoms. The standard InChI is InChI=1S/C21H16ClN5O7S2/c1-32-26-12(11-14(22)36-21(23)25-11)15(28)24-13-16(29)27-10(6-7-35-17(13)27)19(31)34-20-9-5-3-2-4-8(9)18(30)33-20/h2-6,13,17,20H,7H2,1H3,(H2,23,25)(H,24,28)/t13-,17+,20?/m1/s1. The van der Waals surface area contributed by atoms with E-state index in [-0.39, 0.29) is 26.6 Å². The van der Waals surface area contributed by atoms with Gasteiger partial charge in [-0.05, 0) is 12.1 Å². The number of nitrogens with zero attached hydrogens (tertiary/aromatic N) is 3. The minimum Gasteiger partial charge on any atom is -0.417 e. The first-order chi connectivity index (χ1) is 17.3. The highest BCUT2D eigenvalue weighted by molar-refractivity contribution is 8.00. The van der Waals surface area contributed by atoms with Crippen molar-refractivity contribution in [3.05, 3.63) is 57.2 Å². The number of benzene rings is 1. The normalized spacial score (nSPS) is 22.6. The van der Waals surface area contributed by atoms with Crippen molar-refractivity contribution in [1.82, 2.24) is 15.2 Å². The number of hydrogen-bond acceptors (Lipinski definition) is 12. The number of aromatic nitrogens is 1. The molecule has 0 aliphatic carbocycles. The first-order valence-corrected chi connectivity index (χ1v) is 12.5. The molecule has 1 aromatic heterocycles. The van der Waals surface area contributed by atoms with Gasteiger partial charge in [-0.3, -0.25) is 14.5 Å². The average Bonchev–Trinajstić information content (AvgIpc) is 3.37. The molecule has 3 N–H and O–H groups in total. The van der Waals surface area contributed by atoms with Gasteiger partial charge < -0.3 is 25.4 Å². The Hall–Kier alpha value is -3.62. The van der Waals surface area contributed by atoms with Crippen molar-refractivity contribution in [1.29, 1.82) is 0 Å². The van der Waals surface area contributed by atoms with E-state index in [0.717, 1.165) is 11.3 Å². The van der Waals surface area contributed by atoms with Gasteiger partial charge in [0.05, 0.1) is 5.56 Å². The predicted molar refractivity (Wildman–Crippen MR) is 129 cm³/mol. The number of fused-ring (bicyclic) bond motifs is 2. The molecule has 1 unspecified atom stereocenters. The van der Waals surface area contributed by atoms with Crippen LogP contribution in [-0.2, 0) is 28.7 Å². The van der Waals surface area contributed by atoms with E-state index in [1.165, 1.54) is 29.8 Å². The van der Waals surface area contributed by atoms with Crippen molar-refractivity contribution >= 4 is 69.3 Å². The summed E-state index contributed by atoms with van der Waals surface area (Å²) < 4.78 is 10.7. The van der Waals surface area contributed by atoms with Crippen LogP contribution in [0.25, 0.3) is 0 Å². The van der Waals surface area contributed by atoms with Gasteiger partial charge in [0.2, 0.25) is 0 Å². The summed E-state index contributed by atoms with van der Waals surface area (Å²) in [6, 6.07) is 5.59. The molecule has 36 heavy (non-hydrogen) atoms. The zero-order chi connectivity index (χ0) is 25.6. The molecule has 3 aliphatic heterocycles. The molecule has 1 fully saturated rings. The number of esters is 2. The molecular formula is C21H16ClN5O7S2. The van der Waals surface area contributed by atoms with Gasteiger partial charge in [-0.25, -0.2) is 14.6 Å². The second-order valence-corrected chi connectivity index (χ2v) is 10.3. The van der Waals surface area contributed by atoms with Crippen LogP contribution in [0.1, 0.15) is 27.9 Å². The van der Waals surface area contributed by atoms with Crippen molar-refractivity contribution < 1.29 is 33.5 Å². The lowest BCUT2D eigenvalue weighted by Gasteiger charge is -2.48. The number of carbonyl (C=O) groups excluding carboxylic acids is 4. The van der Waals surface area contributed by atoms with Crippen molar-refractivity contribution in [2.75, 3.05) is 18.6 Å². The van der Waals surface area contributed by atoms with Gasteiger partial charge in [0.25, 0.3) is 18.1 Å². The summed E-state index contributed by atoms with van der Waals surface area (Å²) in [5.74, 6) is -2.35. The molecule has 12 nitrogen and oxygen atoms in total. The summed E-state index contributed by atoms with van der Waals surface area (Å²) in [5.41, 5.74) is 6.15. The maximum absolute atomic E-state index is 13.0. The summed E-state index contributed by atoms with van der Waals surface area (Å²) in [6.07, 6.45) is 0.322. The molecule has 186 valence electrons. The highest BCUT2D eigenvalue weighted by Crippen LogP contribution is 2.39. The first kappa shape index (κ1) is 24.1. The van der Waals surface area contributed by atoms with Crippen LogP contribution in [0.3, 0.4) is 0 Å². The number of amides is 2. The molecule has 5 rings (SSSR count). The Morgan fingerprint density at radius 3 is 2.83 bits per heavy atom. The van der Waals surface area contributed by atoms with Crippen LogP contribution in [0.4, 0.5) is 5.13 Å². The first-order valence-electron chi connectivity index (χ1n) is 10.3. The van der Waals surface area contributed by atoms with E-state index in [9.17, 15) is 19.2 Å². The molecule has 3 atom stereocenters. The predicted octanol–water partition coefficient (Wildman–Crippen LogP) is 1.43. The Labute approximate surface area is 216 Å². The third kappa shape index (κ3) is 4.06. The molecule has 3 aliphatic rings. The van der Waals surface area contributed by atoms with Crippen LogP contribution in [0.15, 0.2) is 41.2 Å². The maximum atomic E-state index is 13.0. The fourth-order valence-corrected chi connectivity index (χ4v) is 5.97. The Bertz CT molecular complexity index is 1360. The molecular weight excluding hydrogens is 534 g/mol. The van der Waals surface area contributed by atoms with E-state index >= 15 is 0 Å². The average molecular weight is 550 g/mol. The minimum absolute atomic E-state index is 0.00391. The Morgan fingerprint density at radius 2 is 2.11 bits per heavy atom. The number of nitrogens with two attached hydrogens (primary N) is 1. The van der Waals surface area contributed by atoms with Gasteiger partial charge in [-0.2, -0.15) is 0 Å². The molecule has 1 saturated heterocycles. The third-order valence-corrected chi connectivity index (χ3v) is 7.70. The van der Waals surface area contributed by atoms with Crippen LogP contribution in [-0.4, -0.2) is 63.6 Å². The zero-order valence-electron chi connectivity index (χ0n) is 18.3. The largest absolute Gasteiger partial charge is 0.417 e. The summed E-state index contributed by atoms with van der Waals surface area (Å²) >= 11 is 8.39. The number of nitrogen functional groups attached to an aromatic ring is 1. The minimum atomic E-state index is -1.22. The fraction of sp³-hybridized carbons (Fsp3) is 0.238.